The van der Waals surface area contributed by atoms with Crippen LogP contribution in [0.5, 0.6) is 5.75 Å². The third-order valence-corrected chi connectivity index (χ3v) is 9.38. The Kier molecular flexibility index (Phi) is 11.9. The van der Waals surface area contributed by atoms with Gasteiger partial charge in [0.05, 0.1) is 17.2 Å². The third-order valence-electron chi connectivity index (χ3n) is 7.02. The number of amides is 2. The van der Waals surface area contributed by atoms with E-state index in [1.807, 2.05) is 30.3 Å². The highest BCUT2D eigenvalue weighted by Crippen LogP contribution is 2.33. The van der Waals surface area contributed by atoms with Gasteiger partial charge in [0, 0.05) is 29.6 Å². The van der Waals surface area contributed by atoms with Gasteiger partial charge in [-0.25, -0.2) is 8.42 Å². The van der Waals surface area contributed by atoms with E-state index < -0.39 is 28.5 Å². The molecule has 11 heteroatoms. The molecule has 1 atom stereocenters. The third kappa shape index (κ3) is 8.57. The lowest BCUT2D eigenvalue weighted by atomic mass is 10.0. The zero-order valence-electron chi connectivity index (χ0n) is 25.0. The number of likely N-dealkylation sites (N-methyl/N-ethyl adjacent to an activating group) is 1. The Labute approximate surface area is 274 Å². The first-order chi connectivity index (χ1) is 21.6. The van der Waals surface area contributed by atoms with Crippen LogP contribution >= 0.6 is 23.2 Å². The van der Waals surface area contributed by atoms with Gasteiger partial charge in [-0.3, -0.25) is 13.9 Å². The molecular formula is C34H35Cl2N3O5S. The second-order valence-corrected chi connectivity index (χ2v) is 12.8. The molecule has 45 heavy (non-hydrogen) atoms. The number of para-hydroxylation sites is 2. The second-order valence-electron chi connectivity index (χ2n) is 10.1. The molecule has 0 unspecified atom stereocenters. The molecular weight excluding hydrogens is 633 g/mol. The highest BCUT2D eigenvalue weighted by atomic mass is 35.5. The number of sulfonamides is 1. The van der Waals surface area contributed by atoms with Crippen molar-refractivity contribution in [3.8, 4) is 5.75 Å². The maximum absolute atomic E-state index is 14.5. The summed E-state index contributed by atoms with van der Waals surface area (Å²) in [5, 5.41) is 3.56. The van der Waals surface area contributed by atoms with E-state index in [2.05, 4.69) is 5.32 Å². The Morgan fingerprint density at radius 2 is 1.51 bits per heavy atom. The van der Waals surface area contributed by atoms with Crippen molar-refractivity contribution in [1.82, 2.24) is 10.2 Å². The molecule has 4 rings (SSSR count). The Balaban J connectivity index is 1.84. The van der Waals surface area contributed by atoms with E-state index in [9.17, 15) is 18.0 Å². The molecule has 4 aromatic rings. The van der Waals surface area contributed by atoms with Crippen molar-refractivity contribution in [3.63, 3.8) is 0 Å². The molecule has 0 heterocycles. The van der Waals surface area contributed by atoms with Crippen LogP contribution in [0.4, 0.5) is 5.69 Å². The number of ether oxygens (including phenoxy) is 1. The average Bonchev–Trinajstić information content (AvgIpc) is 3.04. The molecule has 4 aromatic carbocycles. The molecule has 0 saturated heterocycles. The Hall–Kier alpha value is -4.05. The maximum atomic E-state index is 14.5. The van der Waals surface area contributed by atoms with Crippen LogP contribution in [-0.4, -0.2) is 50.9 Å². The fraction of sp³-hybridized carbons (Fsp3) is 0.235. The quantitative estimate of drug-likeness (QED) is 0.169. The van der Waals surface area contributed by atoms with Gasteiger partial charge in [0.2, 0.25) is 11.8 Å². The van der Waals surface area contributed by atoms with E-state index in [0.717, 1.165) is 9.87 Å². The molecule has 8 nitrogen and oxygen atoms in total. The number of halogens is 2. The van der Waals surface area contributed by atoms with Crippen LogP contribution < -0.4 is 14.4 Å². The molecule has 1 N–H and O–H groups in total. The summed E-state index contributed by atoms with van der Waals surface area (Å²) in [6.45, 7) is 3.51. The smallest absolute Gasteiger partial charge is 0.264 e. The monoisotopic (exact) mass is 667 g/mol. The molecule has 0 aromatic heterocycles. The van der Waals surface area contributed by atoms with Crippen LogP contribution in [0.3, 0.4) is 0 Å². The largest absolute Gasteiger partial charge is 0.492 e. The minimum Gasteiger partial charge on any atom is -0.492 e. The minimum atomic E-state index is -4.26. The van der Waals surface area contributed by atoms with Gasteiger partial charge >= 0.3 is 0 Å². The molecule has 236 valence electrons. The lowest BCUT2D eigenvalue weighted by Crippen LogP contribution is -2.53. The standard InChI is InChI=1S/C34H35Cl2N3O5S/c1-3-37-34(41)31(21-25-13-7-5-8-14-25)38(23-26-19-20-27(35)22-29(26)36)33(40)24-39(30-17-11-12-18-32(30)44-4-2)45(42,43)28-15-9-6-10-16-28/h5-20,22,31H,3-4,21,23-24H2,1-2H3,(H,37,41)/t31-/m0/s1. The van der Waals surface area contributed by atoms with Crippen molar-refractivity contribution in [2.24, 2.45) is 0 Å². The van der Waals surface area contributed by atoms with Crippen LogP contribution in [0.1, 0.15) is 25.0 Å². The van der Waals surface area contributed by atoms with Crippen LogP contribution in [0.2, 0.25) is 10.0 Å². The van der Waals surface area contributed by atoms with Gasteiger partial charge in [-0.15, -0.1) is 0 Å². The number of anilines is 1. The Bertz CT molecular complexity index is 1710. The minimum absolute atomic E-state index is 0.000888. The van der Waals surface area contributed by atoms with Crippen molar-refractivity contribution in [2.75, 3.05) is 24.0 Å². The van der Waals surface area contributed by atoms with Gasteiger partial charge in [0.1, 0.15) is 18.3 Å². The van der Waals surface area contributed by atoms with Gasteiger partial charge in [-0.1, -0.05) is 89.9 Å². The topological polar surface area (TPSA) is 96.0 Å². The van der Waals surface area contributed by atoms with Gasteiger partial charge in [-0.05, 0) is 61.4 Å². The van der Waals surface area contributed by atoms with Crippen LogP contribution in [0, 0.1) is 0 Å². The second kappa shape index (κ2) is 15.8. The lowest BCUT2D eigenvalue weighted by Gasteiger charge is -2.34. The van der Waals surface area contributed by atoms with Crippen molar-refractivity contribution >= 4 is 50.7 Å². The van der Waals surface area contributed by atoms with E-state index in [4.69, 9.17) is 27.9 Å². The summed E-state index contributed by atoms with van der Waals surface area (Å²) >= 11 is 12.7. The molecule has 0 radical (unpaired) electrons. The molecule has 0 saturated carbocycles. The van der Waals surface area contributed by atoms with Crippen molar-refractivity contribution in [1.29, 1.82) is 0 Å². The van der Waals surface area contributed by atoms with Gasteiger partial charge in [0.25, 0.3) is 10.0 Å². The van der Waals surface area contributed by atoms with Crippen LogP contribution in [0.25, 0.3) is 0 Å². The van der Waals surface area contributed by atoms with Gasteiger partial charge in [-0.2, -0.15) is 0 Å². The molecule has 0 spiro atoms. The molecule has 0 bridgehead atoms. The molecule has 0 aliphatic heterocycles. The van der Waals surface area contributed by atoms with Crippen molar-refractivity contribution in [2.45, 2.75) is 37.8 Å². The average molecular weight is 669 g/mol. The van der Waals surface area contributed by atoms with E-state index in [-0.39, 0.29) is 36.1 Å². The van der Waals surface area contributed by atoms with Gasteiger partial charge < -0.3 is 15.0 Å². The van der Waals surface area contributed by atoms with Crippen molar-refractivity contribution < 1.29 is 22.7 Å². The van der Waals surface area contributed by atoms with Crippen LogP contribution in [0.15, 0.2) is 108 Å². The summed E-state index contributed by atoms with van der Waals surface area (Å²) in [7, 11) is -4.26. The first-order valence-corrected chi connectivity index (χ1v) is 16.7. The summed E-state index contributed by atoms with van der Waals surface area (Å²) in [4.78, 5) is 29.5. The Morgan fingerprint density at radius 1 is 0.867 bits per heavy atom. The summed E-state index contributed by atoms with van der Waals surface area (Å²) in [6.07, 6.45) is 0.185. The summed E-state index contributed by atoms with van der Waals surface area (Å²) in [6, 6.07) is 27.7. The number of benzene rings is 4. The number of hydrogen-bond donors (Lipinski definition) is 1. The zero-order chi connectivity index (χ0) is 32.4. The fourth-order valence-electron chi connectivity index (χ4n) is 4.85. The predicted molar refractivity (Wildman–Crippen MR) is 178 cm³/mol. The molecule has 0 fully saturated rings. The highest BCUT2D eigenvalue weighted by molar-refractivity contribution is 7.92. The normalized spacial score (nSPS) is 11.8. The molecule has 0 aliphatic carbocycles. The predicted octanol–water partition coefficient (Wildman–Crippen LogP) is 6.36. The van der Waals surface area contributed by atoms with Crippen LogP contribution in [-0.2, 0) is 32.6 Å². The number of nitrogens with one attached hydrogen (secondary N) is 1. The number of nitrogens with zero attached hydrogens (tertiary/aromatic N) is 2. The first-order valence-electron chi connectivity index (χ1n) is 14.5. The summed E-state index contributed by atoms with van der Waals surface area (Å²) < 4.78 is 35.2. The van der Waals surface area contributed by atoms with E-state index in [1.54, 1.807) is 74.5 Å². The SMILES string of the molecule is CCNC(=O)[C@H](Cc1ccccc1)N(Cc1ccc(Cl)cc1Cl)C(=O)CN(c1ccccc1OCC)S(=O)(=O)c1ccccc1. The highest BCUT2D eigenvalue weighted by Gasteiger charge is 2.35. The zero-order valence-corrected chi connectivity index (χ0v) is 27.4. The van der Waals surface area contributed by atoms with Gasteiger partial charge in [0.15, 0.2) is 0 Å². The van der Waals surface area contributed by atoms with E-state index in [1.165, 1.54) is 17.0 Å². The maximum Gasteiger partial charge on any atom is 0.264 e. The Morgan fingerprint density at radius 3 is 2.16 bits per heavy atom. The van der Waals surface area contributed by atoms with E-state index >= 15 is 0 Å². The number of rotatable bonds is 14. The molecule has 2 amide bonds. The van der Waals surface area contributed by atoms with Crippen molar-refractivity contribution in [3.05, 3.63) is 124 Å². The summed E-state index contributed by atoms with van der Waals surface area (Å²) in [5.74, 6) is -0.699. The lowest BCUT2D eigenvalue weighted by molar-refractivity contribution is -0.140. The number of carbonyl (C=O) groups is 2. The summed E-state index contributed by atoms with van der Waals surface area (Å²) in [5.41, 5.74) is 1.56. The first kappa shape index (κ1) is 33.8. The molecule has 0 aliphatic rings. The number of hydrogen-bond acceptors (Lipinski definition) is 5. The number of carbonyl (C=O) groups excluding carboxylic acids is 2. The van der Waals surface area contributed by atoms with E-state index in [0.29, 0.717) is 27.9 Å². The fourth-order valence-corrected chi connectivity index (χ4v) is 6.77.